The standard InChI is InChI=1S/C18H19F3N2O3/c1-10-8-14(18(19,20)21)23(2)16(24)15(10)12-6-4-11(5-7-12)9-13(22)17(25)26-3/h4-8,13H,9,22H2,1-3H3/t13-/m0/s1. The number of carbonyl (C=O) groups is 1. The summed E-state index contributed by atoms with van der Waals surface area (Å²) in [6, 6.07) is 6.74. The zero-order valence-electron chi connectivity index (χ0n) is 14.6. The molecule has 5 nitrogen and oxygen atoms in total. The van der Waals surface area contributed by atoms with E-state index in [0.29, 0.717) is 10.1 Å². The van der Waals surface area contributed by atoms with Crippen LogP contribution in [0.15, 0.2) is 35.1 Å². The average Bonchev–Trinajstić information content (AvgIpc) is 2.57. The predicted octanol–water partition coefficient (Wildman–Crippen LogP) is 2.42. The third kappa shape index (κ3) is 3.96. The molecular formula is C18H19F3N2O3. The third-order valence-corrected chi connectivity index (χ3v) is 4.12. The number of halogens is 3. The summed E-state index contributed by atoms with van der Waals surface area (Å²) in [4.78, 5) is 23.8. The lowest BCUT2D eigenvalue weighted by Crippen LogP contribution is -2.33. The van der Waals surface area contributed by atoms with Crippen LogP contribution in [0.4, 0.5) is 13.2 Å². The number of methoxy groups -OCH3 is 1. The van der Waals surface area contributed by atoms with E-state index in [4.69, 9.17) is 5.73 Å². The second kappa shape index (κ2) is 7.33. The molecule has 8 heteroatoms. The topological polar surface area (TPSA) is 74.3 Å². The van der Waals surface area contributed by atoms with Gasteiger partial charge in [0.15, 0.2) is 0 Å². The molecule has 1 aromatic heterocycles. The van der Waals surface area contributed by atoms with E-state index in [-0.39, 0.29) is 17.5 Å². The monoisotopic (exact) mass is 368 g/mol. The van der Waals surface area contributed by atoms with Crippen LogP contribution >= 0.6 is 0 Å². The second-order valence-electron chi connectivity index (χ2n) is 5.98. The molecule has 0 aliphatic heterocycles. The maximum absolute atomic E-state index is 13.0. The van der Waals surface area contributed by atoms with E-state index in [1.165, 1.54) is 14.0 Å². The van der Waals surface area contributed by atoms with Crippen LogP contribution in [0, 0.1) is 6.92 Å². The number of aryl methyl sites for hydroxylation is 1. The zero-order valence-corrected chi connectivity index (χ0v) is 14.6. The summed E-state index contributed by atoms with van der Waals surface area (Å²) in [5, 5.41) is 0. The Kier molecular flexibility index (Phi) is 5.56. The lowest BCUT2D eigenvalue weighted by atomic mass is 9.98. The molecule has 0 aliphatic carbocycles. The minimum absolute atomic E-state index is 0.198. The van der Waals surface area contributed by atoms with Crippen molar-refractivity contribution in [3.05, 3.63) is 57.5 Å². The Balaban J connectivity index is 2.40. The SMILES string of the molecule is COC(=O)[C@@H](N)Cc1ccc(-c2c(C)cc(C(F)(F)F)n(C)c2=O)cc1. The van der Waals surface area contributed by atoms with Gasteiger partial charge in [-0.15, -0.1) is 0 Å². The molecule has 0 fully saturated rings. The summed E-state index contributed by atoms with van der Waals surface area (Å²) in [7, 11) is 2.34. The van der Waals surface area contributed by atoms with Crippen LogP contribution in [0.5, 0.6) is 0 Å². The molecule has 0 spiro atoms. The fourth-order valence-electron chi connectivity index (χ4n) is 2.74. The normalized spacial score (nSPS) is 12.7. The lowest BCUT2D eigenvalue weighted by molar-refractivity contribution is -0.144. The van der Waals surface area contributed by atoms with Gasteiger partial charge in [0.05, 0.1) is 12.7 Å². The summed E-state index contributed by atoms with van der Waals surface area (Å²) in [6.07, 6.45) is -4.36. The van der Waals surface area contributed by atoms with E-state index in [0.717, 1.165) is 18.7 Å². The summed E-state index contributed by atoms with van der Waals surface area (Å²) in [5.41, 5.74) is 5.65. The predicted molar refractivity (Wildman–Crippen MR) is 90.6 cm³/mol. The summed E-state index contributed by atoms with van der Waals surface area (Å²) in [5.74, 6) is -0.540. The van der Waals surface area contributed by atoms with Crippen LogP contribution < -0.4 is 11.3 Å². The minimum Gasteiger partial charge on any atom is -0.468 e. The van der Waals surface area contributed by atoms with Crippen LogP contribution in [0.1, 0.15) is 16.8 Å². The smallest absolute Gasteiger partial charge is 0.431 e. The molecule has 2 N–H and O–H groups in total. The highest BCUT2D eigenvalue weighted by molar-refractivity contribution is 5.75. The Morgan fingerprint density at radius 3 is 2.35 bits per heavy atom. The molecule has 1 heterocycles. The third-order valence-electron chi connectivity index (χ3n) is 4.12. The van der Waals surface area contributed by atoms with Crippen molar-refractivity contribution in [2.75, 3.05) is 7.11 Å². The van der Waals surface area contributed by atoms with Crippen molar-refractivity contribution in [3.63, 3.8) is 0 Å². The number of nitrogens with two attached hydrogens (primary N) is 1. The number of aromatic nitrogens is 1. The molecule has 2 rings (SSSR count). The number of pyridine rings is 1. The number of esters is 1. The number of nitrogens with zero attached hydrogens (tertiary/aromatic N) is 1. The van der Waals surface area contributed by atoms with Crippen LogP contribution in [0.25, 0.3) is 11.1 Å². The number of hydrogen-bond donors (Lipinski definition) is 1. The van der Waals surface area contributed by atoms with Gasteiger partial charge in [0.2, 0.25) is 0 Å². The van der Waals surface area contributed by atoms with Crippen molar-refractivity contribution in [1.29, 1.82) is 0 Å². The van der Waals surface area contributed by atoms with Gasteiger partial charge in [-0.05, 0) is 36.1 Å². The first-order valence-electron chi connectivity index (χ1n) is 7.76. The van der Waals surface area contributed by atoms with E-state index in [9.17, 15) is 22.8 Å². The molecule has 0 unspecified atom stereocenters. The maximum Gasteiger partial charge on any atom is 0.431 e. The Labute approximate surface area is 148 Å². The molecule has 0 bridgehead atoms. The number of rotatable bonds is 4. The Hall–Kier alpha value is -2.61. The van der Waals surface area contributed by atoms with Crippen molar-refractivity contribution in [2.24, 2.45) is 12.8 Å². The molecular weight excluding hydrogens is 349 g/mol. The Morgan fingerprint density at radius 2 is 1.85 bits per heavy atom. The van der Waals surface area contributed by atoms with E-state index < -0.39 is 29.4 Å². The van der Waals surface area contributed by atoms with Gasteiger partial charge < -0.3 is 15.0 Å². The molecule has 0 amide bonds. The number of hydrogen-bond acceptors (Lipinski definition) is 4. The van der Waals surface area contributed by atoms with Crippen molar-refractivity contribution >= 4 is 5.97 Å². The average molecular weight is 368 g/mol. The first kappa shape index (κ1) is 19.7. The minimum atomic E-state index is -4.61. The van der Waals surface area contributed by atoms with Gasteiger partial charge in [-0.25, -0.2) is 0 Å². The van der Waals surface area contributed by atoms with Gasteiger partial charge in [-0.1, -0.05) is 24.3 Å². The molecule has 0 radical (unpaired) electrons. The summed E-state index contributed by atoms with van der Waals surface area (Å²) >= 11 is 0. The highest BCUT2D eigenvalue weighted by Gasteiger charge is 2.34. The maximum atomic E-state index is 13.0. The van der Waals surface area contributed by atoms with Gasteiger partial charge in [-0.3, -0.25) is 9.59 Å². The molecule has 1 atom stereocenters. The number of carbonyl (C=O) groups excluding carboxylic acids is 1. The molecule has 140 valence electrons. The molecule has 2 aromatic rings. The molecule has 0 saturated carbocycles. The van der Waals surface area contributed by atoms with E-state index >= 15 is 0 Å². The van der Waals surface area contributed by atoms with Crippen molar-refractivity contribution in [1.82, 2.24) is 4.57 Å². The van der Waals surface area contributed by atoms with Crippen LogP contribution in [-0.4, -0.2) is 23.7 Å². The van der Waals surface area contributed by atoms with Gasteiger partial charge in [0.25, 0.3) is 5.56 Å². The second-order valence-corrected chi connectivity index (χ2v) is 5.98. The quantitative estimate of drug-likeness (QED) is 0.841. The van der Waals surface area contributed by atoms with Gasteiger partial charge in [0.1, 0.15) is 11.7 Å². The fourth-order valence-corrected chi connectivity index (χ4v) is 2.74. The van der Waals surface area contributed by atoms with Gasteiger partial charge in [0, 0.05) is 7.05 Å². The first-order valence-corrected chi connectivity index (χ1v) is 7.76. The van der Waals surface area contributed by atoms with Crippen LogP contribution in [-0.2, 0) is 29.2 Å². The number of benzene rings is 1. The van der Waals surface area contributed by atoms with Gasteiger partial charge >= 0.3 is 12.1 Å². The van der Waals surface area contributed by atoms with Crippen molar-refractivity contribution in [2.45, 2.75) is 25.6 Å². The largest absolute Gasteiger partial charge is 0.468 e. The highest BCUT2D eigenvalue weighted by Crippen LogP contribution is 2.31. The molecule has 1 aromatic carbocycles. The summed E-state index contributed by atoms with van der Waals surface area (Å²) < 4.78 is 44.2. The fraction of sp³-hybridized carbons (Fsp3) is 0.333. The van der Waals surface area contributed by atoms with E-state index in [2.05, 4.69) is 4.74 Å². The number of ether oxygens (including phenoxy) is 1. The highest BCUT2D eigenvalue weighted by atomic mass is 19.4. The first-order chi connectivity index (χ1) is 12.1. The number of alkyl halides is 3. The zero-order chi connectivity index (χ0) is 19.6. The van der Waals surface area contributed by atoms with Crippen LogP contribution in [0.2, 0.25) is 0 Å². The van der Waals surface area contributed by atoms with Gasteiger partial charge in [-0.2, -0.15) is 13.2 Å². The Bertz CT molecular complexity index is 871. The molecule has 0 saturated heterocycles. The molecule has 0 aliphatic rings. The van der Waals surface area contributed by atoms with Crippen molar-refractivity contribution in [3.8, 4) is 11.1 Å². The molecule has 26 heavy (non-hydrogen) atoms. The van der Waals surface area contributed by atoms with Crippen molar-refractivity contribution < 1.29 is 22.7 Å². The Morgan fingerprint density at radius 1 is 1.27 bits per heavy atom. The lowest BCUT2D eigenvalue weighted by Gasteiger charge is -2.16. The summed E-state index contributed by atoms with van der Waals surface area (Å²) in [6.45, 7) is 1.47. The van der Waals surface area contributed by atoms with Crippen LogP contribution in [0.3, 0.4) is 0 Å². The van der Waals surface area contributed by atoms with E-state index in [1.807, 2.05) is 0 Å². The van der Waals surface area contributed by atoms with E-state index in [1.54, 1.807) is 24.3 Å².